The van der Waals surface area contributed by atoms with Gasteiger partial charge in [-0.2, -0.15) is 0 Å². The van der Waals surface area contributed by atoms with E-state index >= 15 is 0 Å². The molecule has 0 radical (unpaired) electrons. The molecule has 0 unspecified atom stereocenters. The Kier molecular flexibility index (Phi) is 5.19. The molecule has 176 valence electrons. The van der Waals surface area contributed by atoms with Crippen molar-refractivity contribution in [3.63, 3.8) is 0 Å². The van der Waals surface area contributed by atoms with E-state index in [0.717, 1.165) is 34.7 Å². The quantitative estimate of drug-likeness (QED) is 0.596. The van der Waals surface area contributed by atoms with Gasteiger partial charge >= 0.3 is 0 Å². The number of piperidine rings is 1. The zero-order valence-corrected chi connectivity index (χ0v) is 19.2. The highest BCUT2D eigenvalue weighted by Crippen LogP contribution is 2.48. The van der Waals surface area contributed by atoms with Crippen LogP contribution in [0.2, 0.25) is 0 Å². The van der Waals surface area contributed by atoms with Crippen molar-refractivity contribution in [1.29, 1.82) is 0 Å². The van der Waals surface area contributed by atoms with E-state index in [0.29, 0.717) is 37.2 Å². The maximum Gasteiger partial charge on any atom is 0.230 e. The number of hydrogen-bond acceptors (Lipinski definition) is 3. The molecule has 3 aromatic carbocycles. The molecule has 6 rings (SSSR count). The summed E-state index contributed by atoms with van der Waals surface area (Å²) < 4.78 is 34.5. The van der Waals surface area contributed by atoms with E-state index in [1.54, 1.807) is 0 Å². The van der Waals surface area contributed by atoms with Crippen LogP contribution in [0.3, 0.4) is 0 Å². The number of hydrogen-bond donors (Lipinski definition) is 1. The molecule has 2 heterocycles. The standard InChI is InChI=1S/C28H28F2N2O2/c1-17-6-7-18-4-2-3-5-21(18)22(17)15-32(20-8-9-20)27(33)24-14-31-11-10-28(24)23-13-26(30)25(29)12-19(23)16-34-28/h2-7,12-13,20,24,31H,8-11,14-16H2,1H3/t24-,28+/m1/s1. The first-order chi connectivity index (χ1) is 16.5. The number of nitrogens with one attached hydrogen (secondary N) is 1. The fourth-order valence-corrected chi connectivity index (χ4v) is 5.83. The summed E-state index contributed by atoms with van der Waals surface area (Å²) in [5.41, 5.74) is 2.67. The maximum absolute atomic E-state index is 14.3. The van der Waals surface area contributed by atoms with Crippen molar-refractivity contribution < 1.29 is 18.3 Å². The lowest BCUT2D eigenvalue weighted by Crippen LogP contribution is -2.55. The third kappa shape index (κ3) is 3.43. The van der Waals surface area contributed by atoms with Crippen LogP contribution in [0.4, 0.5) is 8.78 Å². The summed E-state index contributed by atoms with van der Waals surface area (Å²) in [7, 11) is 0. The Hall–Kier alpha value is -2.83. The Labute approximate surface area is 197 Å². The van der Waals surface area contributed by atoms with Gasteiger partial charge in [0.25, 0.3) is 0 Å². The Morgan fingerprint density at radius 2 is 1.94 bits per heavy atom. The second-order valence-electron chi connectivity index (χ2n) is 9.89. The lowest BCUT2D eigenvalue weighted by Gasteiger charge is -2.43. The summed E-state index contributed by atoms with van der Waals surface area (Å²) in [6.45, 7) is 3.94. The molecule has 1 saturated carbocycles. The first-order valence-electron chi connectivity index (χ1n) is 12.1. The fraction of sp³-hybridized carbons (Fsp3) is 0.393. The fourth-order valence-electron chi connectivity index (χ4n) is 5.83. The lowest BCUT2D eigenvalue weighted by molar-refractivity contribution is -0.157. The molecule has 1 amide bonds. The number of fused-ring (bicyclic) bond motifs is 3. The van der Waals surface area contributed by atoms with Crippen LogP contribution in [-0.4, -0.2) is 29.9 Å². The molecule has 2 aliphatic heterocycles. The maximum atomic E-state index is 14.3. The van der Waals surface area contributed by atoms with Crippen molar-refractivity contribution >= 4 is 16.7 Å². The second kappa shape index (κ2) is 8.14. The van der Waals surface area contributed by atoms with Crippen molar-refractivity contribution in [2.75, 3.05) is 13.1 Å². The van der Waals surface area contributed by atoms with Crippen LogP contribution in [-0.2, 0) is 28.3 Å². The summed E-state index contributed by atoms with van der Waals surface area (Å²) in [5.74, 6) is -2.23. The van der Waals surface area contributed by atoms with E-state index in [-0.39, 0.29) is 18.6 Å². The molecule has 1 N–H and O–H groups in total. The monoisotopic (exact) mass is 462 g/mol. The molecule has 4 nitrogen and oxygen atoms in total. The van der Waals surface area contributed by atoms with Gasteiger partial charge in [0.15, 0.2) is 11.6 Å². The largest absolute Gasteiger partial charge is 0.365 e. The first-order valence-corrected chi connectivity index (χ1v) is 12.1. The van der Waals surface area contributed by atoms with Crippen molar-refractivity contribution in [3.8, 4) is 0 Å². The highest BCUT2D eigenvalue weighted by atomic mass is 19.2. The smallest absolute Gasteiger partial charge is 0.230 e. The summed E-state index contributed by atoms with van der Waals surface area (Å²) in [6.07, 6.45) is 2.52. The number of carbonyl (C=O) groups excluding carboxylic acids is 1. The lowest BCUT2D eigenvalue weighted by atomic mass is 9.75. The molecule has 1 spiro atoms. The molecule has 2 fully saturated rings. The van der Waals surface area contributed by atoms with Crippen LogP contribution in [0.5, 0.6) is 0 Å². The third-order valence-electron chi connectivity index (χ3n) is 7.84. The van der Waals surface area contributed by atoms with Gasteiger partial charge in [0.05, 0.1) is 12.5 Å². The minimum atomic E-state index is -0.923. The van der Waals surface area contributed by atoms with Crippen molar-refractivity contribution in [2.45, 2.75) is 51.0 Å². The highest BCUT2D eigenvalue weighted by molar-refractivity contribution is 5.88. The van der Waals surface area contributed by atoms with E-state index < -0.39 is 23.2 Å². The number of ether oxygens (including phenoxy) is 1. The molecule has 3 aromatic rings. The van der Waals surface area contributed by atoms with Crippen LogP contribution < -0.4 is 5.32 Å². The van der Waals surface area contributed by atoms with Gasteiger partial charge in [-0.1, -0.05) is 36.4 Å². The Morgan fingerprint density at radius 1 is 1.15 bits per heavy atom. The van der Waals surface area contributed by atoms with E-state index in [1.165, 1.54) is 12.1 Å². The van der Waals surface area contributed by atoms with Crippen molar-refractivity contribution in [3.05, 3.63) is 82.4 Å². The van der Waals surface area contributed by atoms with Crippen LogP contribution >= 0.6 is 0 Å². The Balaban J connectivity index is 1.38. The van der Waals surface area contributed by atoms with Crippen molar-refractivity contribution in [1.82, 2.24) is 10.2 Å². The number of nitrogens with zero attached hydrogens (tertiary/aromatic N) is 1. The van der Waals surface area contributed by atoms with Gasteiger partial charge < -0.3 is 15.0 Å². The third-order valence-corrected chi connectivity index (χ3v) is 7.84. The highest BCUT2D eigenvalue weighted by Gasteiger charge is 2.53. The molecule has 0 aromatic heterocycles. The van der Waals surface area contributed by atoms with Gasteiger partial charge in [0.2, 0.25) is 5.91 Å². The van der Waals surface area contributed by atoms with Gasteiger partial charge in [0.1, 0.15) is 5.60 Å². The molecular weight excluding hydrogens is 434 g/mol. The predicted molar refractivity (Wildman–Crippen MR) is 126 cm³/mol. The van der Waals surface area contributed by atoms with E-state index in [9.17, 15) is 13.6 Å². The molecule has 6 heteroatoms. The van der Waals surface area contributed by atoms with Gasteiger partial charge in [-0.05, 0) is 77.9 Å². The summed E-state index contributed by atoms with van der Waals surface area (Å²) in [5, 5.41) is 5.67. The van der Waals surface area contributed by atoms with E-state index in [4.69, 9.17) is 4.74 Å². The number of aryl methyl sites for hydroxylation is 1. The summed E-state index contributed by atoms with van der Waals surface area (Å²) >= 11 is 0. The zero-order chi connectivity index (χ0) is 23.4. The Bertz CT molecular complexity index is 1290. The van der Waals surface area contributed by atoms with Gasteiger partial charge in [-0.3, -0.25) is 4.79 Å². The number of rotatable bonds is 4. The molecule has 34 heavy (non-hydrogen) atoms. The van der Waals surface area contributed by atoms with E-state index in [1.807, 2.05) is 17.0 Å². The van der Waals surface area contributed by atoms with Crippen LogP contribution in [0.1, 0.15) is 41.5 Å². The molecular formula is C28H28F2N2O2. The number of carbonyl (C=O) groups is 1. The van der Waals surface area contributed by atoms with Crippen LogP contribution in [0, 0.1) is 24.5 Å². The molecule has 0 bridgehead atoms. The van der Waals surface area contributed by atoms with Gasteiger partial charge in [-0.15, -0.1) is 0 Å². The predicted octanol–water partition coefficient (Wildman–Crippen LogP) is 4.95. The average Bonchev–Trinajstić information content (AvgIpc) is 3.64. The SMILES string of the molecule is Cc1ccc2ccccc2c1CN(C(=O)[C@H]1CNCC[C@@]12OCc1cc(F)c(F)cc12)C1CC1. The normalized spacial score (nSPS) is 23.9. The second-order valence-corrected chi connectivity index (χ2v) is 9.89. The molecule has 1 saturated heterocycles. The van der Waals surface area contributed by atoms with Gasteiger partial charge in [-0.25, -0.2) is 8.78 Å². The zero-order valence-electron chi connectivity index (χ0n) is 19.2. The number of halogens is 2. The van der Waals surface area contributed by atoms with E-state index in [2.05, 4.69) is 36.5 Å². The minimum absolute atomic E-state index is 0.0274. The molecule has 1 aliphatic carbocycles. The summed E-state index contributed by atoms with van der Waals surface area (Å²) in [4.78, 5) is 16.2. The van der Waals surface area contributed by atoms with Crippen LogP contribution in [0.25, 0.3) is 10.8 Å². The van der Waals surface area contributed by atoms with Gasteiger partial charge in [0, 0.05) is 19.1 Å². The van der Waals surface area contributed by atoms with Crippen LogP contribution in [0.15, 0.2) is 48.5 Å². The molecule has 2 atom stereocenters. The molecule has 3 aliphatic rings. The Morgan fingerprint density at radius 3 is 2.76 bits per heavy atom. The number of benzene rings is 3. The van der Waals surface area contributed by atoms with Crippen molar-refractivity contribution in [2.24, 2.45) is 5.92 Å². The minimum Gasteiger partial charge on any atom is -0.365 e. The first kappa shape index (κ1) is 21.7. The average molecular weight is 463 g/mol. The topological polar surface area (TPSA) is 41.6 Å². The number of amides is 1. The summed E-state index contributed by atoms with van der Waals surface area (Å²) in [6, 6.07) is 15.2.